The van der Waals surface area contributed by atoms with E-state index in [2.05, 4.69) is 24.5 Å². The summed E-state index contributed by atoms with van der Waals surface area (Å²) >= 11 is 0. The number of carboxylic acid groups (broad SMARTS) is 1. The van der Waals surface area contributed by atoms with Gasteiger partial charge in [0.15, 0.2) is 0 Å². The summed E-state index contributed by atoms with van der Waals surface area (Å²) in [5.74, 6) is -0.224. The highest BCUT2D eigenvalue weighted by molar-refractivity contribution is 5.82. The third kappa shape index (κ3) is 8.46. The molecule has 3 unspecified atom stereocenters. The van der Waals surface area contributed by atoms with E-state index in [1.165, 1.54) is 0 Å². The number of hydrogen-bond acceptors (Lipinski definition) is 2. The summed E-state index contributed by atoms with van der Waals surface area (Å²) < 4.78 is 0. The van der Waals surface area contributed by atoms with Gasteiger partial charge in [0.1, 0.15) is 6.04 Å². The number of urea groups is 1. The molecule has 0 aliphatic heterocycles. The first kappa shape index (κ1) is 17.7. The molecule has 2 amide bonds. The van der Waals surface area contributed by atoms with Crippen LogP contribution < -0.4 is 10.6 Å². The van der Waals surface area contributed by atoms with Crippen LogP contribution in [0.4, 0.5) is 4.79 Å². The lowest BCUT2D eigenvalue weighted by Gasteiger charge is -2.21. The second-order valence-corrected chi connectivity index (χ2v) is 5.79. The second kappa shape index (κ2) is 8.77. The highest BCUT2D eigenvalue weighted by Gasteiger charge is 2.21. The molecule has 3 N–H and O–H groups in total. The molecule has 5 nitrogen and oxygen atoms in total. The number of carbonyl (C=O) groups is 2. The van der Waals surface area contributed by atoms with Gasteiger partial charge in [-0.25, -0.2) is 9.59 Å². The molecule has 0 radical (unpaired) electrons. The van der Waals surface area contributed by atoms with Crippen LogP contribution in [-0.2, 0) is 4.79 Å². The monoisotopic (exact) mass is 272 g/mol. The number of rotatable bonds is 8. The lowest BCUT2D eigenvalue weighted by atomic mass is 10.0. The predicted octanol–water partition coefficient (Wildman–Crippen LogP) is 2.61. The minimum Gasteiger partial charge on any atom is -0.480 e. The average Bonchev–Trinajstić information content (AvgIpc) is 2.26. The van der Waals surface area contributed by atoms with Crippen molar-refractivity contribution < 1.29 is 14.7 Å². The van der Waals surface area contributed by atoms with E-state index in [4.69, 9.17) is 5.11 Å². The minimum atomic E-state index is -0.988. The second-order valence-electron chi connectivity index (χ2n) is 5.79. The van der Waals surface area contributed by atoms with Crippen molar-refractivity contribution in [3.05, 3.63) is 0 Å². The quantitative estimate of drug-likeness (QED) is 0.635. The van der Waals surface area contributed by atoms with Crippen molar-refractivity contribution in [2.45, 2.75) is 66.0 Å². The number of aliphatic carboxylic acids is 1. The van der Waals surface area contributed by atoms with Crippen LogP contribution in [0.15, 0.2) is 0 Å². The van der Waals surface area contributed by atoms with E-state index in [0.717, 1.165) is 12.8 Å². The van der Waals surface area contributed by atoms with E-state index < -0.39 is 18.0 Å². The van der Waals surface area contributed by atoms with Gasteiger partial charge in [0, 0.05) is 6.04 Å². The maximum absolute atomic E-state index is 11.7. The van der Waals surface area contributed by atoms with Gasteiger partial charge < -0.3 is 15.7 Å². The van der Waals surface area contributed by atoms with Crippen molar-refractivity contribution in [1.29, 1.82) is 0 Å². The molecule has 0 spiro atoms. The van der Waals surface area contributed by atoms with E-state index in [-0.39, 0.29) is 12.0 Å². The molecule has 5 heteroatoms. The van der Waals surface area contributed by atoms with Crippen LogP contribution in [0.2, 0.25) is 0 Å². The van der Waals surface area contributed by atoms with Gasteiger partial charge in [0.25, 0.3) is 0 Å². The SMILES string of the molecule is CCC(C)CC(C)NC(=O)NC(CC(C)C)C(=O)O. The largest absolute Gasteiger partial charge is 0.480 e. The van der Waals surface area contributed by atoms with Gasteiger partial charge in [-0.05, 0) is 31.6 Å². The first-order valence-corrected chi connectivity index (χ1v) is 7.06. The fourth-order valence-electron chi connectivity index (χ4n) is 1.95. The molecule has 0 heterocycles. The molecule has 0 saturated heterocycles. The van der Waals surface area contributed by atoms with Gasteiger partial charge in [0.2, 0.25) is 0 Å². The summed E-state index contributed by atoms with van der Waals surface area (Å²) in [5, 5.41) is 14.4. The van der Waals surface area contributed by atoms with Crippen molar-refractivity contribution >= 4 is 12.0 Å². The van der Waals surface area contributed by atoms with E-state index in [1.807, 2.05) is 20.8 Å². The molecule has 112 valence electrons. The number of hydrogen-bond donors (Lipinski definition) is 3. The Morgan fingerprint density at radius 1 is 1.05 bits per heavy atom. The molecule has 0 aliphatic carbocycles. The number of carboxylic acids is 1. The van der Waals surface area contributed by atoms with Gasteiger partial charge in [-0.1, -0.05) is 34.1 Å². The fourth-order valence-corrected chi connectivity index (χ4v) is 1.95. The van der Waals surface area contributed by atoms with Crippen molar-refractivity contribution in [2.75, 3.05) is 0 Å². The number of carbonyl (C=O) groups excluding carboxylic acids is 1. The van der Waals surface area contributed by atoms with Crippen molar-refractivity contribution in [1.82, 2.24) is 10.6 Å². The average molecular weight is 272 g/mol. The maximum Gasteiger partial charge on any atom is 0.326 e. The van der Waals surface area contributed by atoms with Crippen LogP contribution >= 0.6 is 0 Å². The first-order chi connectivity index (χ1) is 8.76. The summed E-state index contributed by atoms with van der Waals surface area (Å²) in [5.41, 5.74) is 0. The maximum atomic E-state index is 11.7. The molecule has 0 aliphatic rings. The Balaban J connectivity index is 4.22. The molecule has 0 fully saturated rings. The summed E-state index contributed by atoms with van der Waals surface area (Å²) in [6, 6.07) is -1.18. The van der Waals surface area contributed by atoms with Crippen LogP contribution in [0.3, 0.4) is 0 Å². The number of nitrogens with one attached hydrogen (secondary N) is 2. The molecule has 0 aromatic carbocycles. The topological polar surface area (TPSA) is 78.4 Å². The van der Waals surface area contributed by atoms with E-state index >= 15 is 0 Å². The summed E-state index contributed by atoms with van der Waals surface area (Å²) in [6.07, 6.45) is 2.40. The van der Waals surface area contributed by atoms with Crippen LogP contribution in [0.25, 0.3) is 0 Å². The fraction of sp³-hybridized carbons (Fsp3) is 0.857. The molecule has 19 heavy (non-hydrogen) atoms. The molecule has 0 rings (SSSR count). The van der Waals surface area contributed by atoms with Gasteiger partial charge in [-0.3, -0.25) is 0 Å². The molecule has 0 aromatic heterocycles. The number of amides is 2. The van der Waals surface area contributed by atoms with E-state index in [1.54, 1.807) is 0 Å². The zero-order chi connectivity index (χ0) is 15.0. The van der Waals surface area contributed by atoms with Crippen molar-refractivity contribution in [2.24, 2.45) is 11.8 Å². The molecule has 3 atom stereocenters. The standard InChI is InChI=1S/C14H28N2O3/c1-6-10(4)8-11(5)15-14(19)16-12(13(17)18)7-9(2)3/h9-12H,6-8H2,1-5H3,(H,17,18)(H2,15,16,19). The molecule has 0 aromatic rings. The van der Waals surface area contributed by atoms with Crippen LogP contribution in [0.5, 0.6) is 0 Å². The first-order valence-electron chi connectivity index (χ1n) is 7.06. The third-order valence-corrected chi connectivity index (χ3v) is 3.14. The van der Waals surface area contributed by atoms with E-state index in [9.17, 15) is 9.59 Å². The molecular weight excluding hydrogens is 244 g/mol. The minimum absolute atomic E-state index is 0.0449. The summed E-state index contributed by atoms with van der Waals surface area (Å²) in [6.45, 7) is 10.0. The molecular formula is C14H28N2O3. The Kier molecular flexibility index (Phi) is 8.19. The predicted molar refractivity (Wildman–Crippen MR) is 76.1 cm³/mol. The van der Waals surface area contributed by atoms with Crippen molar-refractivity contribution in [3.63, 3.8) is 0 Å². The Hall–Kier alpha value is -1.26. The smallest absolute Gasteiger partial charge is 0.326 e. The Labute approximate surface area is 116 Å². The summed E-state index contributed by atoms with van der Waals surface area (Å²) in [4.78, 5) is 22.8. The van der Waals surface area contributed by atoms with Crippen LogP contribution in [-0.4, -0.2) is 29.2 Å². The Morgan fingerprint density at radius 3 is 2.05 bits per heavy atom. The normalized spacial score (nSPS) is 15.7. The van der Waals surface area contributed by atoms with Crippen LogP contribution in [0.1, 0.15) is 53.9 Å². The van der Waals surface area contributed by atoms with Gasteiger partial charge >= 0.3 is 12.0 Å². The zero-order valence-corrected chi connectivity index (χ0v) is 12.7. The van der Waals surface area contributed by atoms with Gasteiger partial charge in [-0.2, -0.15) is 0 Å². The van der Waals surface area contributed by atoms with Gasteiger partial charge in [0.05, 0.1) is 0 Å². The highest BCUT2D eigenvalue weighted by Crippen LogP contribution is 2.09. The van der Waals surface area contributed by atoms with Gasteiger partial charge in [-0.15, -0.1) is 0 Å². The van der Waals surface area contributed by atoms with E-state index in [0.29, 0.717) is 12.3 Å². The molecule has 0 bridgehead atoms. The Bertz CT molecular complexity index is 292. The molecule has 0 saturated carbocycles. The lowest BCUT2D eigenvalue weighted by Crippen LogP contribution is -2.49. The lowest BCUT2D eigenvalue weighted by molar-refractivity contribution is -0.139. The van der Waals surface area contributed by atoms with Crippen molar-refractivity contribution in [3.8, 4) is 0 Å². The highest BCUT2D eigenvalue weighted by atomic mass is 16.4. The third-order valence-electron chi connectivity index (χ3n) is 3.14. The summed E-state index contributed by atoms with van der Waals surface area (Å²) in [7, 11) is 0. The zero-order valence-electron chi connectivity index (χ0n) is 12.7. The van der Waals surface area contributed by atoms with Crippen LogP contribution in [0, 0.1) is 11.8 Å². The Morgan fingerprint density at radius 2 is 1.63 bits per heavy atom.